The van der Waals surface area contributed by atoms with Gasteiger partial charge in [-0.3, -0.25) is 14.4 Å². The molecule has 152 valence electrons. The van der Waals surface area contributed by atoms with Gasteiger partial charge in [-0.1, -0.05) is 18.2 Å². The molecule has 2 fully saturated rings. The Hall–Kier alpha value is -2.06. The average Bonchev–Trinajstić information content (AvgIpc) is 3.39. The van der Waals surface area contributed by atoms with Gasteiger partial charge in [0.1, 0.15) is 0 Å². The van der Waals surface area contributed by atoms with Gasteiger partial charge in [0.05, 0.1) is 11.9 Å². The van der Waals surface area contributed by atoms with E-state index in [0.29, 0.717) is 25.8 Å². The summed E-state index contributed by atoms with van der Waals surface area (Å²) in [5.74, 6) is 2.13. The van der Waals surface area contributed by atoms with Gasteiger partial charge in [-0.2, -0.15) is 0 Å². The quantitative estimate of drug-likeness (QED) is 0.610. The minimum absolute atomic E-state index is 0.0433. The van der Waals surface area contributed by atoms with Crippen LogP contribution in [0.1, 0.15) is 25.7 Å². The molecule has 2 heterocycles. The number of carbonyl (C=O) groups is 3. The predicted octanol–water partition coefficient (Wildman–Crippen LogP) is 1.42. The summed E-state index contributed by atoms with van der Waals surface area (Å²) in [6.45, 7) is 2.15. The first-order chi connectivity index (χ1) is 13.6. The van der Waals surface area contributed by atoms with Crippen molar-refractivity contribution < 1.29 is 14.4 Å². The number of nitrogens with zero attached hydrogens (tertiary/aromatic N) is 1. The summed E-state index contributed by atoms with van der Waals surface area (Å²) >= 11 is 1.79. The number of carbonyl (C=O) groups excluding carboxylic acids is 3. The van der Waals surface area contributed by atoms with Crippen molar-refractivity contribution in [2.45, 2.75) is 31.7 Å². The number of hydrogen-bond acceptors (Lipinski definition) is 5. The molecule has 2 atom stereocenters. The van der Waals surface area contributed by atoms with Crippen LogP contribution in [0.25, 0.3) is 0 Å². The fourth-order valence-corrected chi connectivity index (χ4v) is 4.42. The Morgan fingerprint density at radius 3 is 2.68 bits per heavy atom. The number of benzene rings is 1. The molecule has 28 heavy (non-hydrogen) atoms. The number of para-hydroxylation sites is 1. The van der Waals surface area contributed by atoms with Crippen molar-refractivity contribution in [1.29, 1.82) is 0 Å². The molecule has 2 saturated heterocycles. The molecular weight excluding hydrogens is 376 g/mol. The van der Waals surface area contributed by atoms with Crippen molar-refractivity contribution in [2.24, 2.45) is 5.92 Å². The first kappa shape index (κ1) is 20.7. The van der Waals surface area contributed by atoms with Gasteiger partial charge in [-0.15, -0.1) is 11.8 Å². The van der Waals surface area contributed by atoms with E-state index in [1.807, 2.05) is 35.2 Å². The van der Waals surface area contributed by atoms with E-state index >= 15 is 0 Å². The van der Waals surface area contributed by atoms with Gasteiger partial charge < -0.3 is 20.9 Å². The van der Waals surface area contributed by atoms with Gasteiger partial charge in [0, 0.05) is 43.9 Å². The van der Waals surface area contributed by atoms with Crippen molar-refractivity contribution in [3.8, 4) is 0 Å². The maximum atomic E-state index is 12.4. The Balaban J connectivity index is 1.27. The number of thioether (sulfide) groups is 1. The van der Waals surface area contributed by atoms with Crippen LogP contribution in [0.15, 0.2) is 30.3 Å². The minimum atomic E-state index is -0.123. The highest BCUT2D eigenvalue weighted by Crippen LogP contribution is 2.20. The Kier molecular flexibility index (Phi) is 7.73. The van der Waals surface area contributed by atoms with Gasteiger partial charge >= 0.3 is 0 Å². The molecule has 3 rings (SSSR count). The van der Waals surface area contributed by atoms with Crippen LogP contribution < -0.4 is 16.0 Å². The normalized spacial score (nSPS) is 21.5. The summed E-state index contributed by atoms with van der Waals surface area (Å²) in [6.07, 6.45) is 1.92. The van der Waals surface area contributed by atoms with E-state index in [1.54, 1.807) is 11.8 Å². The Morgan fingerprint density at radius 1 is 1.14 bits per heavy atom. The molecule has 7 nitrogen and oxygen atoms in total. The zero-order chi connectivity index (χ0) is 19.8. The van der Waals surface area contributed by atoms with Crippen LogP contribution in [0.3, 0.4) is 0 Å². The highest BCUT2D eigenvalue weighted by molar-refractivity contribution is 7.99. The lowest BCUT2D eigenvalue weighted by Crippen LogP contribution is -2.42. The molecule has 3 amide bonds. The van der Waals surface area contributed by atoms with Crippen LogP contribution in [-0.2, 0) is 14.4 Å². The molecule has 0 radical (unpaired) electrons. The molecule has 3 N–H and O–H groups in total. The van der Waals surface area contributed by atoms with Gasteiger partial charge in [0.25, 0.3) is 0 Å². The van der Waals surface area contributed by atoms with E-state index in [4.69, 9.17) is 0 Å². The fourth-order valence-electron chi connectivity index (χ4n) is 3.46. The van der Waals surface area contributed by atoms with Crippen LogP contribution in [0, 0.1) is 5.92 Å². The monoisotopic (exact) mass is 404 g/mol. The lowest BCUT2D eigenvalue weighted by Gasteiger charge is -2.19. The maximum Gasteiger partial charge on any atom is 0.240 e. The van der Waals surface area contributed by atoms with E-state index in [-0.39, 0.29) is 29.7 Å². The third kappa shape index (κ3) is 6.24. The Bertz CT molecular complexity index is 679. The number of rotatable bonds is 8. The second-order valence-electron chi connectivity index (χ2n) is 7.27. The van der Waals surface area contributed by atoms with Crippen LogP contribution in [0.5, 0.6) is 0 Å². The van der Waals surface area contributed by atoms with Crippen LogP contribution in [0.2, 0.25) is 0 Å². The lowest BCUT2D eigenvalue weighted by atomic mass is 10.0. The fraction of sp³-hybridized carbons (Fsp3) is 0.550. The van der Waals surface area contributed by atoms with E-state index < -0.39 is 0 Å². The van der Waals surface area contributed by atoms with Crippen LogP contribution >= 0.6 is 11.8 Å². The summed E-state index contributed by atoms with van der Waals surface area (Å²) < 4.78 is 0. The molecule has 0 aromatic heterocycles. The first-order valence-electron chi connectivity index (χ1n) is 9.83. The highest BCUT2D eigenvalue weighted by Gasteiger charge is 2.33. The smallest absolute Gasteiger partial charge is 0.240 e. The van der Waals surface area contributed by atoms with Gasteiger partial charge in [-0.25, -0.2) is 0 Å². The zero-order valence-corrected chi connectivity index (χ0v) is 16.8. The molecule has 0 bridgehead atoms. The van der Waals surface area contributed by atoms with Crippen molar-refractivity contribution in [3.63, 3.8) is 0 Å². The topological polar surface area (TPSA) is 90.5 Å². The standard InChI is InChI=1S/C20H28N4O3S/c25-18(7-4-8-19(26)23-16-5-2-1-3-6-16)22-13-15-11-17(21-12-15)20(27)24-9-10-28-14-24/h1-3,5-6,15,17,21H,4,7-14H2,(H,22,25)(H,23,26)/t15-,17-/m0/s1. The maximum absolute atomic E-state index is 12.4. The summed E-state index contributed by atoms with van der Waals surface area (Å²) in [4.78, 5) is 38.2. The summed E-state index contributed by atoms with van der Waals surface area (Å²) in [6, 6.07) is 9.17. The molecule has 2 aliphatic heterocycles. The highest BCUT2D eigenvalue weighted by atomic mass is 32.2. The van der Waals surface area contributed by atoms with E-state index in [2.05, 4.69) is 16.0 Å². The molecule has 0 unspecified atom stereocenters. The van der Waals surface area contributed by atoms with Crippen LogP contribution in [-0.4, -0.2) is 59.9 Å². The Morgan fingerprint density at radius 2 is 1.93 bits per heavy atom. The predicted molar refractivity (Wildman–Crippen MR) is 111 cm³/mol. The summed E-state index contributed by atoms with van der Waals surface area (Å²) in [5.41, 5.74) is 0.766. The van der Waals surface area contributed by atoms with E-state index in [0.717, 1.165) is 36.8 Å². The molecule has 0 spiro atoms. The number of amides is 3. The van der Waals surface area contributed by atoms with Crippen molar-refractivity contribution >= 4 is 35.2 Å². The molecule has 0 aliphatic carbocycles. The molecular formula is C20H28N4O3S. The van der Waals surface area contributed by atoms with Gasteiger partial charge in [-0.05, 0) is 30.9 Å². The average molecular weight is 405 g/mol. The second kappa shape index (κ2) is 10.5. The SMILES string of the molecule is O=C(CCCC(=O)Nc1ccccc1)NC[C@@H]1CN[C@H](C(=O)N2CCSC2)C1. The molecule has 1 aromatic rings. The molecule has 8 heteroatoms. The largest absolute Gasteiger partial charge is 0.356 e. The van der Waals surface area contributed by atoms with E-state index in [9.17, 15) is 14.4 Å². The van der Waals surface area contributed by atoms with Crippen molar-refractivity contribution in [3.05, 3.63) is 30.3 Å². The summed E-state index contributed by atoms with van der Waals surface area (Å²) in [7, 11) is 0. The minimum Gasteiger partial charge on any atom is -0.356 e. The van der Waals surface area contributed by atoms with E-state index in [1.165, 1.54) is 0 Å². The molecule has 2 aliphatic rings. The van der Waals surface area contributed by atoms with Crippen molar-refractivity contribution in [1.82, 2.24) is 15.5 Å². The van der Waals surface area contributed by atoms with Crippen molar-refractivity contribution in [2.75, 3.05) is 36.6 Å². The zero-order valence-electron chi connectivity index (χ0n) is 16.0. The lowest BCUT2D eigenvalue weighted by molar-refractivity contribution is -0.131. The van der Waals surface area contributed by atoms with Crippen LogP contribution in [0.4, 0.5) is 5.69 Å². The number of hydrogen-bond donors (Lipinski definition) is 3. The molecule has 0 saturated carbocycles. The second-order valence-corrected chi connectivity index (χ2v) is 8.35. The Labute approximate surface area is 170 Å². The number of anilines is 1. The number of nitrogens with one attached hydrogen (secondary N) is 3. The van der Waals surface area contributed by atoms with Gasteiger partial charge in [0.2, 0.25) is 17.7 Å². The third-order valence-corrected chi connectivity index (χ3v) is 6.00. The third-order valence-electron chi connectivity index (χ3n) is 5.04. The molecule has 1 aromatic carbocycles. The first-order valence-corrected chi connectivity index (χ1v) is 11.0. The summed E-state index contributed by atoms with van der Waals surface area (Å²) in [5, 5.41) is 9.04. The van der Waals surface area contributed by atoms with Gasteiger partial charge in [0.15, 0.2) is 0 Å².